The lowest BCUT2D eigenvalue weighted by Crippen LogP contribution is -2.47. The lowest BCUT2D eigenvalue weighted by Gasteiger charge is -2.27. The predicted octanol–water partition coefficient (Wildman–Crippen LogP) is 2.00. The van der Waals surface area contributed by atoms with Gasteiger partial charge < -0.3 is 15.5 Å². The fourth-order valence-electron chi connectivity index (χ4n) is 4.23. The molecule has 156 valence electrons. The zero-order valence-corrected chi connectivity index (χ0v) is 19.8. The van der Waals surface area contributed by atoms with E-state index in [0.29, 0.717) is 11.9 Å². The quantitative estimate of drug-likeness (QED) is 0.338. The zero-order valence-electron chi connectivity index (χ0n) is 16.6. The SMILES string of the molecule is CN=C(NCCN1CCSCC1)NC1CCN(C(=O)C2CCCCC2)C1.I. The van der Waals surface area contributed by atoms with E-state index in [1.807, 2.05) is 18.8 Å². The van der Waals surface area contributed by atoms with Crippen LogP contribution in [-0.2, 0) is 4.79 Å². The van der Waals surface area contributed by atoms with Crippen LogP contribution in [0.3, 0.4) is 0 Å². The number of hydrogen-bond acceptors (Lipinski definition) is 4. The van der Waals surface area contributed by atoms with Gasteiger partial charge in [-0.2, -0.15) is 11.8 Å². The van der Waals surface area contributed by atoms with E-state index in [2.05, 4.69) is 25.4 Å². The van der Waals surface area contributed by atoms with Crippen molar-refractivity contribution in [2.24, 2.45) is 10.9 Å². The van der Waals surface area contributed by atoms with Crippen LogP contribution < -0.4 is 10.6 Å². The van der Waals surface area contributed by atoms with E-state index in [1.54, 1.807) is 0 Å². The van der Waals surface area contributed by atoms with E-state index < -0.39 is 0 Å². The number of nitrogens with one attached hydrogen (secondary N) is 2. The van der Waals surface area contributed by atoms with Crippen LogP contribution in [0.15, 0.2) is 4.99 Å². The Morgan fingerprint density at radius 1 is 1.11 bits per heavy atom. The summed E-state index contributed by atoms with van der Waals surface area (Å²) in [6.45, 7) is 6.08. The molecule has 2 saturated heterocycles. The minimum atomic E-state index is 0. The average molecular weight is 510 g/mol. The molecule has 1 saturated carbocycles. The topological polar surface area (TPSA) is 60.0 Å². The van der Waals surface area contributed by atoms with Gasteiger partial charge in [0.05, 0.1) is 0 Å². The Hall–Kier alpha value is -0.220. The number of aliphatic imine (C=N–C) groups is 1. The molecule has 3 rings (SSSR count). The number of carbonyl (C=O) groups is 1. The highest BCUT2D eigenvalue weighted by Gasteiger charge is 2.31. The van der Waals surface area contributed by atoms with Gasteiger partial charge in [-0.25, -0.2) is 0 Å². The summed E-state index contributed by atoms with van der Waals surface area (Å²) in [6.07, 6.45) is 6.93. The molecule has 8 heteroatoms. The monoisotopic (exact) mass is 509 g/mol. The molecule has 1 aliphatic carbocycles. The third kappa shape index (κ3) is 7.27. The first kappa shape index (κ1) is 23.1. The Kier molecular flexibility index (Phi) is 10.6. The van der Waals surface area contributed by atoms with Crippen molar-refractivity contribution in [1.82, 2.24) is 20.4 Å². The molecule has 0 bridgehead atoms. The second kappa shape index (κ2) is 12.4. The molecule has 6 nitrogen and oxygen atoms in total. The molecule has 2 heterocycles. The third-order valence-electron chi connectivity index (χ3n) is 5.84. The second-order valence-electron chi connectivity index (χ2n) is 7.70. The summed E-state index contributed by atoms with van der Waals surface area (Å²) < 4.78 is 0. The van der Waals surface area contributed by atoms with Crippen LogP contribution >= 0.6 is 35.7 Å². The van der Waals surface area contributed by atoms with Gasteiger partial charge in [-0.1, -0.05) is 19.3 Å². The van der Waals surface area contributed by atoms with Crippen LogP contribution in [0.2, 0.25) is 0 Å². The number of guanidine groups is 1. The van der Waals surface area contributed by atoms with Crippen LogP contribution in [0.5, 0.6) is 0 Å². The molecular weight excluding hydrogens is 473 g/mol. The maximum Gasteiger partial charge on any atom is 0.225 e. The Balaban J connectivity index is 0.00000261. The number of hydrogen-bond donors (Lipinski definition) is 2. The third-order valence-corrected chi connectivity index (χ3v) is 6.79. The molecule has 27 heavy (non-hydrogen) atoms. The van der Waals surface area contributed by atoms with E-state index in [4.69, 9.17) is 0 Å². The number of amides is 1. The molecule has 3 fully saturated rings. The van der Waals surface area contributed by atoms with E-state index in [0.717, 1.165) is 51.4 Å². The van der Waals surface area contributed by atoms with E-state index in [1.165, 1.54) is 43.9 Å². The van der Waals surface area contributed by atoms with Crippen molar-refractivity contribution in [2.45, 2.75) is 44.6 Å². The van der Waals surface area contributed by atoms with E-state index >= 15 is 0 Å². The molecule has 2 N–H and O–H groups in total. The van der Waals surface area contributed by atoms with Crippen molar-refractivity contribution >= 4 is 47.6 Å². The van der Waals surface area contributed by atoms with Crippen LogP contribution in [0, 0.1) is 5.92 Å². The van der Waals surface area contributed by atoms with Gasteiger partial charge in [-0.05, 0) is 19.3 Å². The average Bonchev–Trinajstić information content (AvgIpc) is 3.16. The van der Waals surface area contributed by atoms with Crippen molar-refractivity contribution in [3.05, 3.63) is 0 Å². The Morgan fingerprint density at radius 2 is 1.85 bits per heavy atom. The molecular formula is C19H36IN5OS. The van der Waals surface area contributed by atoms with Gasteiger partial charge in [-0.3, -0.25) is 14.7 Å². The Morgan fingerprint density at radius 3 is 2.56 bits per heavy atom. The molecule has 0 aromatic heterocycles. The largest absolute Gasteiger partial charge is 0.355 e. The van der Waals surface area contributed by atoms with Gasteiger partial charge in [-0.15, -0.1) is 24.0 Å². The molecule has 0 spiro atoms. The van der Waals surface area contributed by atoms with Crippen LogP contribution in [0.4, 0.5) is 0 Å². The normalized spacial score (nSPS) is 25.1. The summed E-state index contributed by atoms with van der Waals surface area (Å²) in [5.41, 5.74) is 0. The van der Waals surface area contributed by atoms with Crippen molar-refractivity contribution in [2.75, 3.05) is 57.8 Å². The second-order valence-corrected chi connectivity index (χ2v) is 8.93. The fraction of sp³-hybridized carbons (Fsp3) is 0.895. The van der Waals surface area contributed by atoms with Crippen molar-refractivity contribution in [3.63, 3.8) is 0 Å². The smallest absolute Gasteiger partial charge is 0.225 e. The highest BCUT2D eigenvalue weighted by molar-refractivity contribution is 14.0. The molecule has 0 aromatic carbocycles. The summed E-state index contributed by atoms with van der Waals surface area (Å²) in [6, 6.07) is 0.320. The molecule has 2 aliphatic heterocycles. The maximum atomic E-state index is 12.7. The standard InChI is InChI=1S/C19H35N5OS.HI/c1-20-19(21-8-10-23-11-13-26-14-12-23)22-17-7-9-24(15-17)18(25)16-5-3-2-4-6-16;/h16-17H,2-15H2,1H3,(H2,20,21,22);1H. The first-order valence-corrected chi connectivity index (χ1v) is 11.5. The summed E-state index contributed by atoms with van der Waals surface area (Å²) in [5.74, 6) is 4.04. The highest BCUT2D eigenvalue weighted by Crippen LogP contribution is 2.26. The van der Waals surface area contributed by atoms with Crippen molar-refractivity contribution in [1.29, 1.82) is 0 Å². The van der Waals surface area contributed by atoms with Crippen molar-refractivity contribution in [3.8, 4) is 0 Å². The van der Waals surface area contributed by atoms with E-state index in [9.17, 15) is 4.79 Å². The summed E-state index contributed by atoms with van der Waals surface area (Å²) >= 11 is 2.05. The van der Waals surface area contributed by atoms with Gasteiger partial charge in [0.25, 0.3) is 0 Å². The first-order chi connectivity index (χ1) is 12.8. The fourth-order valence-corrected chi connectivity index (χ4v) is 5.21. The summed E-state index contributed by atoms with van der Waals surface area (Å²) in [7, 11) is 1.83. The summed E-state index contributed by atoms with van der Waals surface area (Å²) in [5, 5.41) is 6.95. The lowest BCUT2D eigenvalue weighted by molar-refractivity contribution is -0.135. The zero-order chi connectivity index (χ0) is 18.2. The maximum absolute atomic E-state index is 12.7. The van der Waals surface area contributed by atoms with Gasteiger partial charge in [0.15, 0.2) is 5.96 Å². The number of rotatable bonds is 5. The van der Waals surface area contributed by atoms with Gasteiger partial charge in [0.1, 0.15) is 0 Å². The molecule has 0 aromatic rings. The molecule has 3 aliphatic rings. The molecule has 0 radical (unpaired) electrons. The minimum absolute atomic E-state index is 0. The van der Waals surface area contributed by atoms with Crippen LogP contribution in [0.1, 0.15) is 38.5 Å². The van der Waals surface area contributed by atoms with Crippen LogP contribution in [-0.4, -0.2) is 85.5 Å². The molecule has 1 amide bonds. The van der Waals surface area contributed by atoms with Gasteiger partial charge >= 0.3 is 0 Å². The Bertz CT molecular complexity index is 481. The lowest BCUT2D eigenvalue weighted by atomic mass is 9.88. The Labute approximate surface area is 185 Å². The minimum Gasteiger partial charge on any atom is -0.355 e. The van der Waals surface area contributed by atoms with Gasteiger partial charge in [0, 0.05) is 69.8 Å². The number of halogens is 1. The van der Waals surface area contributed by atoms with Gasteiger partial charge in [0.2, 0.25) is 5.91 Å². The predicted molar refractivity (Wildman–Crippen MR) is 125 cm³/mol. The highest BCUT2D eigenvalue weighted by atomic mass is 127. The number of carbonyl (C=O) groups excluding carboxylic acids is 1. The van der Waals surface area contributed by atoms with Crippen molar-refractivity contribution < 1.29 is 4.79 Å². The molecule has 1 unspecified atom stereocenters. The number of nitrogens with zero attached hydrogens (tertiary/aromatic N) is 3. The summed E-state index contributed by atoms with van der Waals surface area (Å²) in [4.78, 5) is 21.6. The first-order valence-electron chi connectivity index (χ1n) is 10.3. The molecule has 1 atom stereocenters. The number of likely N-dealkylation sites (tertiary alicyclic amines) is 1. The van der Waals surface area contributed by atoms with Crippen LogP contribution in [0.25, 0.3) is 0 Å². The number of thioether (sulfide) groups is 1. The van der Waals surface area contributed by atoms with E-state index in [-0.39, 0.29) is 29.9 Å².